The monoisotopic (exact) mass is 375 g/mol. The molecule has 2 aromatic rings. The minimum Gasteiger partial charge on any atom is -0.393 e. The first-order valence-electron chi connectivity index (χ1n) is 8.17. The summed E-state index contributed by atoms with van der Waals surface area (Å²) in [4.78, 5) is 0.481. The number of hydrogen-bond acceptors (Lipinski definition) is 4. The summed E-state index contributed by atoms with van der Waals surface area (Å²) in [6.07, 6.45) is 0. The Morgan fingerprint density at radius 1 is 1.12 bits per heavy atom. The molecule has 0 radical (unpaired) electrons. The van der Waals surface area contributed by atoms with E-state index in [-0.39, 0.29) is 22.4 Å². The molecule has 0 saturated heterocycles. The molecule has 4 nitrogen and oxygen atoms in total. The molecule has 3 unspecified atom stereocenters. The average molecular weight is 376 g/mol. The predicted molar refractivity (Wildman–Crippen MR) is 102 cm³/mol. The van der Waals surface area contributed by atoms with Gasteiger partial charge in [-0.1, -0.05) is 60.7 Å². The van der Waals surface area contributed by atoms with Crippen molar-refractivity contribution in [3.8, 4) is 0 Å². The van der Waals surface area contributed by atoms with Crippen molar-refractivity contribution < 1.29 is 13.2 Å². The number of nitrogens with two attached hydrogens (primary N) is 1. The summed E-state index contributed by atoms with van der Waals surface area (Å²) in [7, 11) is -3.59. The molecule has 132 valence electrons. The van der Waals surface area contributed by atoms with E-state index in [9.17, 15) is 8.42 Å². The van der Waals surface area contributed by atoms with E-state index in [1.54, 1.807) is 30.3 Å². The van der Waals surface area contributed by atoms with E-state index in [2.05, 4.69) is 0 Å². The molecule has 1 saturated carbocycles. The van der Waals surface area contributed by atoms with Gasteiger partial charge in [-0.15, -0.1) is 0 Å². The highest BCUT2D eigenvalue weighted by Gasteiger charge is 2.73. The highest BCUT2D eigenvalue weighted by molar-refractivity contribution is 7.92. The Balaban J connectivity index is 2.10. The highest BCUT2D eigenvalue weighted by Crippen LogP contribution is 2.64. The number of rotatable bonds is 7. The van der Waals surface area contributed by atoms with Crippen LogP contribution >= 0.6 is 12.2 Å². The lowest BCUT2D eigenvalue weighted by Crippen LogP contribution is -2.33. The van der Waals surface area contributed by atoms with Gasteiger partial charge in [0.05, 0.1) is 27.2 Å². The van der Waals surface area contributed by atoms with Crippen LogP contribution in [0, 0.1) is 5.41 Å². The molecule has 6 heteroatoms. The highest BCUT2D eigenvalue weighted by atomic mass is 32.2. The summed E-state index contributed by atoms with van der Waals surface area (Å²) in [5.41, 5.74) is 6.10. The van der Waals surface area contributed by atoms with E-state index in [1.165, 1.54) is 0 Å². The normalized spacial score (nSPS) is 25.5. The van der Waals surface area contributed by atoms with Crippen molar-refractivity contribution >= 4 is 27.0 Å². The summed E-state index contributed by atoms with van der Waals surface area (Å²) in [6, 6.07) is 18.0. The van der Waals surface area contributed by atoms with Gasteiger partial charge in [0.2, 0.25) is 0 Å². The molecule has 0 spiro atoms. The van der Waals surface area contributed by atoms with Crippen molar-refractivity contribution in [2.45, 2.75) is 23.0 Å². The maximum atomic E-state index is 13.3. The third-order valence-corrected chi connectivity index (χ3v) is 7.50. The van der Waals surface area contributed by atoms with Crippen LogP contribution in [0.5, 0.6) is 0 Å². The van der Waals surface area contributed by atoms with Gasteiger partial charge in [-0.2, -0.15) is 0 Å². The van der Waals surface area contributed by atoms with Crippen LogP contribution in [0.25, 0.3) is 0 Å². The summed E-state index contributed by atoms with van der Waals surface area (Å²) in [5.74, 6) is -0.303. The first kappa shape index (κ1) is 18.0. The molecule has 3 rings (SSSR count). The molecule has 0 heterocycles. The van der Waals surface area contributed by atoms with Gasteiger partial charge in [-0.05, 0) is 24.6 Å². The maximum absolute atomic E-state index is 13.3. The van der Waals surface area contributed by atoms with Crippen molar-refractivity contribution in [2.75, 3.05) is 13.2 Å². The number of hydrogen-bond donors (Lipinski definition) is 1. The van der Waals surface area contributed by atoms with Crippen LogP contribution < -0.4 is 5.73 Å². The number of ether oxygens (including phenoxy) is 1. The fraction of sp³-hybridized carbons (Fsp3) is 0.316. The van der Waals surface area contributed by atoms with E-state index in [1.807, 2.05) is 37.3 Å². The third kappa shape index (κ3) is 2.99. The molecule has 0 bridgehead atoms. The Morgan fingerprint density at radius 2 is 1.68 bits per heavy atom. The van der Waals surface area contributed by atoms with E-state index in [4.69, 9.17) is 22.7 Å². The smallest absolute Gasteiger partial charge is 0.182 e. The van der Waals surface area contributed by atoms with Crippen molar-refractivity contribution in [3.05, 3.63) is 66.2 Å². The lowest BCUT2D eigenvalue weighted by molar-refractivity contribution is 0.121. The topological polar surface area (TPSA) is 69.4 Å². The zero-order valence-corrected chi connectivity index (χ0v) is 15.6. The minimum atomic E-state index is -3.59. The van der Waals surface area contributed by atoms with Gasteiger partial charge >= 0.3 is 0 Å². The largest absolute Gasteiger partial charge is 0.393 e. The first-order valence-corrected chi connectivity index (χ1v) is 10.1. The van der Waals surface area contributed by atoms with Crippen LogP contribution in [-0.4, -0.2) is 31.9 Å². The van der Waals surface area contributed by atoms with Crippen molar-refractivity contribution in [1.29, 1.82) is 0 Å². The standard InChI is InChI=1S/C19H21NO3S2/c1-2-23-13-19(18(20)24)16(14-9-5-3-6-10-14)17(19)25(21,22)15-11-7-4-8-12-15/h3-12,16-17H,2,13H2,1H3,(H2,20,24). The number of benzene rings is 2. The third-order valence-electron chi connectivity index (χ3n) is 4.82. The predicted octanol–water partition coefficient (Wildman–Crippen LogP) is 2.94. The van der Waals surface area contributed by atoms with Crippen LogP contribution in [0.4, 0.5) is 0 Å². The van der Waals surface area contributed by atoms with Crippen molar-refractivity contribution in [1.82, 2.24) is 0 Å². The van der Waals surface area contributed by atoms with Crippen LogP contribution in [0.3, 0.4) is 0 Å². The molecule has 2 aromatic carbocycles. The average Bonchev–Trinajstić information content (AvgIpc) is 3.33. The zero-order valence-electron chi connectivity index (χ0n) is 14.0. The molecule has 1 aliphatic rings. The van der Waals surface area contributed by atoms with Crippen molar-refractivity contribution in [2.24, 2.45) is 11.1 Å². The maximum Gasteiger partial charge on any atom is 0.182 e. The van der Waals surface area contributed by atoms with E-state index in [0.29, 0.717) is 6.61 Å². The Hall–Kier alpha value is -1.76. The van der Waals surface area contributed by atoms with Gasteiger partial charge in [0, 0.05) is 12.5 Å². The molecular formula is C19H21NO3S2. The zero-order chi connectivity index (χ0) is 18.1. The van der Waals surface area contributed by atoms with E-state index >= 15 is 0 Å². The first-order chi connectivity index (χ1) is 12.0. The molecule has 0 amide bonds. The molecule has 1 aliphatic carbocycles. The molecule has 3 atom stereocenters. The second-order valence-electron chi connectivity index (χ2n) is 6.21. The van der Waals surface area contributed by atoms with E-state index < -0.39 is 20.5 Å². The Bertz CT molecular complexity index is 853. The summed E-state index contributed by atoms with van der Waals surface area (Å²) >= 11 is 5.31. The van der Waals surface area contributed by atoms with Crippen LogP contribution in [0.1, 0.15) is 18.4 Å². The minimum absolute atomic E-state index is 0.194. The lowest BCUT2D eigenvalue weighted by Gasteiger charge is -2.17. The van der Waals surface area contributed by atoms with Gasteiger partial charge in [-0.25, -0.2) is 8.42 Å². The second-order valence-corrected chi connectivity index (χ2v) is 8.72. The van der Waals surface area contributed by atoms with Gasteiger partial charge in [-0.3, -0.25) is 0 Å². The fourth-order valence-corrected chi connectivity index (χ4v) is 6.35. The van der Waals surface area contributed by atoms with Crippen molar-refractivity contribution in [3.63, 3.8) is 0 Å². The number of sulfone groups is 1. The van der Waals surface area contributed by atoms with Gasteiger partial charge in [0.1, 0.15) is 0 Å². The van der Waals surface area contributed by atoms with Crippen LogP contribution in [0.2, 0.25) is 0 Å². The van der Waals surface area contributed by atoms with Gasteiger partial charge in [0.15, 0.2) is 9.84 Å². The van der Waals surface area contributed by atoms with Gasteiger partial charge in [0.25, 0.3) is 0 Å². The lowest BCUT2D eigenvalue weighted by atomic mass is 10.00. The van der Waals surface area contributed by atoms with Crippen LogP contribution in [0.15, 0.2) is 65.6 Å². The molecule has 0 aliphatic heterocycles. The molecule has 25 heavy (non-hydrogen) atoms. The summed E-state index contributed by atoms with van der Waals surface area (Å²) in [5, 5.41) is -0.714. The Morgan fingerprint density at radius 3 is 2.20 bits per heavy atom. The second kappa shape index (κ2) is 6.86. The van der Waals surface area contributed by atoms with Gasteiger partial charge < -0.3 is 10.5 Å². The fourth-order valence-electron chi connectivity index (χ4n) is 3.56. The summed E-state index contributed by atoms with van der Waals surface area (Å²) in [6.45, 7) is 2.55. The number of thiocarbonyl (C=S) groups is 1. The quantitative estimate of drug-likeness (QED) is 0.754. The van der Waals surface area contributed by atoms with E-state index in [0.717, 1.165) is 5.56 Å². The Kier molecular flexibility index (Phi) is 4.95. The Labute approximate surface area is 153 Å². The van der Waals surface area contributed by atoms with Crippen LogP contribution in [-0.2, 0) is 14.6 Å². The molecule has 1 fully saturated rings. The molecule has 0 aromatic heterocycles. The molecule has 2 N–H and O–H groups in total. The summed E-state index contributed by atoms with van der Waals surface area (Å²) < 4.78 is 32.2. The molecular weight excluding hydrogens is 354 g/mol. The SMILES string of the molecule is CCOCC1(C(N)=S)C(c2ccccc2)C1S(=O)(=O)c1ccccc1.